The Kier molecular flexibility index (Phi) is 3.12. The van der Waals surface area contributed by atoms with Crippen LogP contribution in [-0.2, 0) is 6.42 Å². The Hall–Kier alpha value is -2.40. The second kappa shape index (κ2) is 4.94. The molecule has 102 valence electrons. The maximum Gasteiger partial charge on any atom is 0.166 e. The first-order chi connectivity index (χ1) is 9.65. The van der Waals surface area contributed by atoms with E-state index < -0.39 is 12.0 Å². The molecule has 5 heteroatoms. The van der Waals surface area contributed by atoms with Crippen LogP contribution in [0.15, 0.2) is 47.6 Å². The molecular formula is C15H14FN3O. The van der Waals surface area contributed by atoms with Crippen molar-refractivity contribution in [2.24, 2.45) is 5.10 Å². The van der Waals surface area contributed by atoms with E-state index in [1.165, 1.54) is 6.07 Å². The van der Waals surface area contributed by atoms with Crippen molar-refractivity contribution in [2.75, 3.05) is 5.73 Å². The van der Waals surface area contributed by atoms with Crippen LogP contribution in [-0.4, -0.2) is 10.8 Å². The lowest BCUT2D eigenvalue weighted by atomic mass is 9.96. The average molecular weight is 271 g/mol. The van der Waals surface area contributed by atoms with Crippen LogP contribution in [0.2, 0.25) is 0 Å². The van der Waals surface area contributed by atoms with Gasteiger partial charge in [-0.1, -0.05) is 30.3 Å². The summed E-state index contributed by atoms with van der Waals surface area (Å²) in [5.41, 5.74) is 11.7. The Morgan fingerprint density at radius 3 is 2.85 bits per heavy atom. The molecule has 1 aliphatic heterocycles. The fourth-order valence-electron chi connectivity index (χ4n) is 2.30. The van der Waals surface area contributed by atoms with E-state index in [1.54, 1.807) is 12.1 Å². The van der Waals surface area contributed by atoms with Gasteiger partial charge in [-0.25, -0.2) is 4.39 Å². The first-order valence-corrected chi connectivity index (χ1v) is 6.28. The molecule has 2 aromatic rings. The Balaban J connectivity index is 1.93. The number of hydrogen-bond donors (Lipinski definition) is 3. The Morgan fingerprint density at radius 2 is 2.05 bits per heavy atom. The molecule has 0 saturated heterocycles. The van der Waals surface area contributed by atoms with Gasteiger partial charge in [-0.05, 0) is 17.7 Å². The van der Waals surface area contributed by atoms with Crippen LogP contribution >= 0.6 is 0 Å². The molecule has 20 heavy (non-hydrogen) atoms. The van der Waals surface area contributed by atoms with Crippen LogP contribution in [0.4, 0.5) is 10.1 Å². The number of aliphatic hydroxyl groups is 1. The van der Waals surface area contributed by atoms with E-state index in [1.807, 2.05) is 24.3 Å². The predicted molar refractivity (Wildman–Crippen MR) is 75.6 cm³/mol. The molecule has 4 nitrogen and oxygen atoms in total. The standard InChI is InChI=1S/C15H14FN3O/c16-12-6-5-9(7-13(12)17)8-14-10-3-1-2-4-11(10)15(20)19-18-14/h1-7,15,19-20H,8,17H2. The number of nitrogens with two attached hydrogens (primary N) is 1. The lowest BCUT2D eigenvalue weighted by Crippen LogP contribution is -2.26. The first kappa shape index (κ1) is 12.6. The third kappa shape index (κ3) is 2.23. The fraction of sp³-hybridized carbons (Fsp3) is 0.133. The summed E-state index contributed by atoms with van der Waals surface area (Å²) in [6, 6.07) is 12.1. The number of benzene rings is 2. The van der Waals surface area contributed by atoms with Crippen molar-refractivity contribution in [3.8, 4) is 0 Å². The summed E-state index contributed by atoms with van der Waals surface area (Å²) in [5, 5.41) is 14.0. The largest absolute Gasteiger partial charge is 0.396 e. The number of anilines is 1. The van der Waals surface area contributed by atoms with Crippen LogP contribution in [0, 0.1) is 5.82 Å². The molecular weight excluding hydrogens is 257 g/mol. The van der Waals surface area contributed by atoms with Crippen molar-refractivity contribution in [1.82, 2.24) is 5.43 Å². The monoisotopic (exact) mass is 271 g/mol. The normalized spacial score (nSPS) is 17.1. The number of fused-ring (bicyclic) bond motifs is 1. The van der Waals surface area contributed by atoms with E-state index in [0.29, 0.717) is 6.42 Å². The number of halogens is 1. The van der Waals surface area contributed by atoms with Crippen LogP contribution in [0.3, 0.4) is 0 Å². The number of hydrazone groups is 1. The molecule has 0 bridgehead atoms. The third-order valence-electron chi connectivity index (χ3n) is 3.32. The molecule has 0 radical (unpaired) electrons. The van der Waals surface area contributed by atoms with Gasteiger partial charge in [-0.2, -0.15) is 5.10 Å². The van der Waals surface area contributed by atoms with Gasteiger partial charge >= 0.3 is 0 Å². The minimum absolute atomic E-state index is 0.125. The zero-order valence-electron chi connectivity index (χ0n) is 10.7. The first-order valence-electron chi connectivity index (χ1n) is 6.28. The minimum Gasteiger partial charge on any atom is -0.396 e. The van der Waals surface area contributed by atoms with E-state index in [9.17, 15) is 9.50 Å². The number of nitrogens with zero attached hydrogens (tertiary/aromatic N) is 1. The van der Waals surface area contributed by atoms with Crippen molar-refractivity contribution in [2.45, 2.75) is 12.6 Å². The van der Waals surface area contributed by atoms with E-state index in [-0.39, 0.29) is 5.69 Å². The molecule has 0 fully saturated rings. The number of nitrogen functional groups attached to an aromatic ring is 1. The van der Waals surface area contributed by atoms with Crippen molar-refractivity contribution in [3.63, 3.8) is 0 Å². The molecule has 4 N–H and O–H groups in total. The van der Waals surface area contributed by atoms with Gasteiger partial charge in [0.1, 0.15) is 5.82 Å². The molecule has 0 aromatic heterocycles. The predicted octanol–water partition coefficient (Wildman–Crippen LogP) is 1.95. The van der Waals surface area contributed by atoms with Crippen LogP contribution in [0.5, 0.6) is 0 Å². The molecule has 1 unspecified atom stereocenters. The lowest BCUT2D eigenvalue weighted by molar-refractivity contribution is 0.138. The fourth-order valence-corrected chi connectivity index (χ4v) is 2.30. The van der Waals surface area contributed by atoms with Crippen LogP contribution in [0.25, 0.3) is 0 Å². The van der Waals surface area contributed by atoms with Crippen LogP contribution in [0.1, 0.15) is 22.9 Å². The molecule has 0 spiro atoms. The maximum absolute atomic E-state index is 13.2. The van der Waals surface area contributed by atoms with Gasteiger partial charge in [0.05, 0.1) is 11.4 Å². The second-order valence-electron chi connectivity index (χ2n) is 4.71. The molecule has 1 heterocycles. The summed E-state index contributed by atoms with van der Waals surface area (Å²) in [6.45, 7) is 0. The average Bonchev–Trinajstić information content (AvgIpc) is 2.46. The summed E-state index contributed by atoms with van der Waals surface area (Å²) < 4.78 is 13.2. The van der Waals surface area contributed by atoms with Crippen molar-refractivity contribution in [1.29, 1.82) is 0 Å². The number of hydrogen-bond acceptors (Lipinski definition) is 4. The van der Waals surface area contributed by atoms with Gasteiger partial charge < -0.3 is 10.8 Å². The number of aliphatic hydroxyl groups excluding tert-OH is 1. The maximum atomic E-state index is 13.2. The van der Waals surface area contributed by atoms with E-state index in [0.717, 1.165) is 22.4 Å². The van der Waals surface area contributed by atoms with Gasteiger partial charge in [-0.3, -0.25) is 5.43 Å². The van der Waals surface area contributed by atoms with Crippen molar-refractivity contribution in [3.05, 3.63) is 65.0 Å². The molecule has 1 atom stereocenters. The van der Waals surface area contributed by atoms with Crippen LogP contribution < -0.4 is 11.2 Å². The van der Waals surface area contributed by atoms with Gasteiger partial charge in [0.25, 0.3) is 0 Å². The Bertz CT molecular complexity index is 685. The summed E-state index contributed by atoms with van der Waals surface area (Å²) >= 11 is 0. The van der Waals surface area contributed by atoms with E-state index >= 15 is 0 Å². The molecule has 0 aliphatic carbocycles. The Morgan fingerprint density at radius 1 is 1.25 bits per heavy atom. The SMILES string of the molecule is Nc1cc(CC2=NNC(O)c3ccccc32)ccc1F. The van der Waals surface area contributed by atoms with Gasteiger partial charge in [0, 0.05) is 17.5 Å². The van der Waals surface area contributed by atoms with Crippen molar-refractivity contribution < 1.29 is 9.50 Å². The Labute approximate surface area is 115 Å². The summed E-state index contributed by atoms with van der Waals surface area (Å²) in [6.07, 6.45) is -0.283. The van der Waals surface area contributed by atoms with E-state index in [2.05, 4.69) is 10.5 Å². The summed E-state index contributed by atoms with van der Waals surface area (Å²) in [5.74, 6) is -0.423. The van der Waals surface area contributed by atoms with Gasteiger partial charge in [0.15, 0.2) is 6.23 Å². The molecule has 0 amide bonds. The lowest BCUT2D eigenvalue weighted by Gasteiger charge is -2.22. The van der Waals surface area contributed by atoms with Gasteiger partial charge in [-0.15, -0.1) is 0 Å². The molecule has 2 aromatic carbocycles. The number of rotatable bonds is 2. The molecule has 0 saturated carbocycles. The second-order valence-corrected chi connectivity index (χ2v) is 4.71. The van der Waals surface area contributed by atoms with E-state index in [4.69, 9.17) is 5.73 Å². The van der Waals surface area contributed by atoms with Gasteiger partial charge in [0.2, 0.25) is 0 Å². The zero-order valence-corrected chi connectivity index (χ0v) is 10.7. The highest BCUT2D eigenvalue weighted by atomic mass is 19.1. The summed E-state index contributed by atoms with van der Waals surface area (Å²) in [4.78, 5) is 0. The summed E-state index contributed by atoms with van der Waals surface area (Å²) in [7, 11) is 0. The molecule has 3 rings (SSSR count). The molecule has 1 aliphatic rings. The minimum atomic E-state index is -0.798. The highest BCUT2D eigenvalue weighted by Gasteiger charge is 2.20. The highest BCUT2D eigenvalue weighted by molar-refractivity contribution is 6.03. The van der Waals surface area contributed by atoms with Crippen molar-refractivity contribution >= 4 is 11.4 Å². The highest BCUT2D eigenvalue weighted by Crippen LogP contribution is 2.23. The third-order valence-corrected chi connectivity index (χ3v) is 3.32. The number of nitrogens with one attached hydrogen (secondary N) is 1. The zero-order chi connectivity index (χ0) is 14.1. The smallest absolute Gasteiger partial charge is 0.166 e. The topological polar surface area (TPSA) is 70.6 Å². The quantitative estimate of drug-likeness (QED) is 0.731.